The topological polar surface area (TPSA) is 122 Å². The molecule has 0 aliphatic rings. The fourth-order valence-corrected chi connectivity index (χ4v) is 4.98. The lowest BCUT2D eigenvalue weighted by molar-refractivity contribution is -0.143. The molecular weight excluding hydrogens is 502 g/mol. The number of hydrogen-bond acceptors (Lipinski definition) is 7. The number of nitrogens with one attached hydrogen (secondary N) is 2. The number of amides is 2. The molecule has 0 bridgehead atoms. The standard InChI is InChI=1S/C27H29N7O3S/c1-17-11-12-22(37-17)25-30-32-34(31-25)16-23(35)33(15-18-8-7-13-38-18)24(26(36)29-27(2,3)4)20-14-28-21-10-6-5-9-19(20)21/h5-14,24,28H,15-16H2,1-4H3,(H,29,36). The van der Waals surface area contributed by atoms with Gasteiger partial charge in [0, 0.05) is 33.1 Å². The largest absolute Gasteiger partial charge is 0.458 e. The Kier molecular flexibility index (Phi) is 6.85. The number of rotatable bonds is 8. The van der Waals surface area contributed by atoms with Crippen molar-refractivity contribution in [1.82, 2.24) is 35.4 Å². The molecule has 0 spiro atoms. The molecule has 1 atom stereocenters. The number of benzene rings is 1. The quantitative estimate of drug-likeness (QED) is 0.305. The molecule has 0 fully saturated rings. The molecule has 4 heterocycles. The van der Waals surface area contributed by atoms with Crippen molar-refractivity contribution >= 4 is 34.1 Å². The minimum absolute atomic E-state index is 0.195. The summed E-state index contributed by atoms with van der Waals surface area (Å²) in [5.74, 6) is 0.885. The Balaban J connectivity index is 1.52. The van der Waals surface area contributed by atoms with Gasteiger partial charge >= 0.3 is 0 Å². The van der Waals surface area contributed by atoms with Gasteiger partial charge in [-0.1, -0.05) is 24.3 Å². The van der Waals surface area contributed by atoms with Crippen LogP contribution >= 0.6 is 11.3 Å². The summed E-state index contributed by atoms with van der Waals surface area (Å²) in [5.41, 5.74) is 1.10. The zero-order chi connectivity index (χ0) is 26.9. The van der Waals surface area contributed by atoms with Crippen molar-refractivity contribution in [1.29, 1.82) is 0 Å². The number of carbonyl (C=O) groups excluding carboxylic acids is 2. The predicted molar refractivity (Wildman–Crippen MR) is 144 cm³/mol. The number of aryl methyl sites for hydroxylation is 1. The first-order chi connectivity index (χ1) is 18.2. The number of tetrazole rings is 1. The van der Waals surface area contributed by atoms with E-state index in [1.165, 1.54) is 16.1 Å². The lowest BCUT2D eigenvalue weighted by atomic mass is 10.0. The van der Waals surface area contributed by atoms with E-state index in [4.69, 9.17) is 4.42 Å². The lowest BCUT2D eigenvalue weighted by Gasteiger charge is -2.33. The maximum Gasteiger partial charge on any atom is 0.247 e. The van der Waals surface area contributed by atoms with E-state index in [2.05, 4.69) is 25.7 Å². The van der Waals surface area contributed by atoms with Crippen LogP contribution in [0.15, 0.2) is 64.5 Å². The first-order valence-corrected chi connectivity index (χ1v) is 13.1. The molecule has 0 radical (unpaired) electrons. The van der Waals surface area contributed by atoms with E-state index in [9.17, 15) is 9.59 Å². The summed E-state index contributed by atoms with van der Waals surface area (Å²) in [6.07, 6.45) is 1.80. The van der Waals surface area contributed by atoms with Crippen LogP contribution in [-0.2, 0) is 22.7 Å². The molecule has 38 heavy (non-hydrogen) atoms. The van der Waals surface area contributed by atoms with Gasteiger partial charge in [0.05, 0.1) is 6.54 Å². The number of furan rings is 1. The second kappa shape index (κ2) is 10.3. The van der Waals surface area contributed by atoms with E-state index in [-0.39, 0.29) is 30.7 Å². The molecule has 5 rings (SSSR count). The van der Waals surface area contributed by atoms with E-state index in [0.717, 1.165) is 21.5 Å². The number of hydrogen-bond donors (Lipinski definition) is 2. The van der Waals surface area contributed by atoms with Gasteiger partial charge in [-0.3, -0.25) is 9.59 Å². The SMILES string of the molecule is Cc1ccc(-c2nnn(CC(=O)N(Cc3cccs3)C(C(=O)NC(C)(C)C)c3c[nH]c4ccccc34)n2)o1. The number of carbonyl (C=O) groups is 2. The molecule has 0 saturated carbocycles. The maximum atomic E-state index is 13.9. The van der Waals surface area contributed by atoms with Gasteiger partial charge in [0.25, 0.3) is 0 Å². The third kappa shape index (κ3) is 5.52. The Morgan fingerprint density at radius 3 is 2.68 bits per heavy atom. The highest BCUT2D eigenvalue weighted by molar-refractivity contribution is 7.09. The van der Waals surface area contributed by atoms with Crippen molar-refractivity contribution in [3.63, 3.8) is 0 Å². The number of para-hydroxylation sites is 1. The molecule has 1 unspecified atom stereocenters. The van der Waals surface area contributed by atoms with Crippen LogP contribution in [0.5, 0.6) is 0 Å². The zero-order valence-corrected chi connectivity index (χ0v) is 22.5. The van der Waals surface area contributed by atoms with Gasteiger partial charge in [0.1, 0.15) is 18.3 Å². The van der Waals surface area contributed by atoms with Gasteiger partial charge in [-0.25, -0.2) is 0 Å². The smallest absolute Gasteiger partial charge is 0.247 e. The maximum absolute atomic E-state index is 13.9. The molecule has 11 heteroatoms. The highest BCUT2D eigenvalue weighted by atomic mass is 32.1. The van der Waals surface area contributed by atoms with Crippen LogP contribution in [-0.4, -0.2) is 47.4 Å². The summed E-state index contributed by atoms with van der Waals surface area (Å²) >= 11 is 1.53. The van der Waals surface area contributed by atoms with Gasteiger partial charge < -0.3 is 19.6 Å². The van der Waals surface area contributed by atoms with Crippen LogP contribution in [0.1, 0.15) is 43.0 Å². The molecule has 5 aromatic rings. The van der Waals surface area contributed by atoms with E-state index in [0.29, 0.717) is 11.3 Å². The van der Waals surface area contributed by atoms with Gasteiger partial charge in [-0.2, -0.15) is 4.80 Å². The first-order valence-electron chi connectivity index (χ1n) is 12.2. The summed E-state index contributed by atoms with van der Waals surface area (Å²) in [6, 6.07) is 14.3. The Bertz CT molecular complexity index is 1560. The van der Waals surface area contributed by atoms with Gasteiger partial charge in [0.2, 0.25) is 17.6 Å². The Hall–Kier alpha value is -4.25. The van der Waals surface area contributed by atoms with Crippen molar-refractivity contribution < 1.29 is 14.0 Å². The monoisotopic (exact) mass is 531 g/mol. The van der Waals surface area contributed by atoms with Crippen molar-refractivity contribution in [2.24, 2.45) is 0 Å². The van der Waals surface area contributed by atoms with Crippen LogP contribution in [0.25, 0.3) is 22.5 Å². The summed E-state index contributed by atoms with van der Waals surface area (Å²) in [7, 11) is 0. The van der Waals surface area contributed by atoms with Crippen LogP contribution in [0.2, 0.25) is 0 Å². The van der Waals surface area contributed by atoms with Gasteiger partial charge in [-0.05, 0) is 62.6 Å². The fourth-order valence-electron chi connectivity index (χ4n) is 4.28. The van der Waals surface area contributed by atoms with Crippen LogP contribution in [0.3, 0.4) is 0 Å². The Labute approximate surface area is 223 Å². The number of aromatic amines is 1. The third-order valence-electron chi connectivity index (χ3n) is 5.89. The molecule has 0 aliphatic carbocycles. The number of nitrogens with zero attached hydrogens (tertiary/aromatic N) is 5. The number of thiophene rings is 1. The van der Waals surface area contributed by atoms with E-state index < -0.39 is 11.6 Å². The summed E-state index contributed by atoms with van der Waals surface area (Å²) in [4.78, 5) is 34.8. The molecule has 0 saturated heterocycles. The average Bonchev–Trinajstić information content (AvgIpc) is 3.66. The summed E-state index contributed by atoms with van der Waals surface area (Å²) in [5, 5.41) is 18.3. The van der Waals surface area contributed by atoms with Crippen molar-refractivity contribution in [3.05, 3.63) is 76.3 Å². The average molecular weight is 532 g/mol. The van der Waals surface area contributed by atoms with Crippen molar-refractivity contribution in [2.45, 2.75) is 52.4 Å². The van der Waals surface area contributed by atoms with Crippen LogP contribution < -0.4 is 5.32 Å². The highest BCUT2D eigenvalue weighted by Gasteiger charge is 2.35. The number of aromatic nitrogens is 5. The van der Waals surface area contributed by atoms with Crippen molar-refractivity contribution in [3.8, 4) is 11.6 Å². The molecule has 196 valence electrons. The molecule has 0 aliphatic heterocycles. The van der Waals surface area contributed by atoms with E-state index >= 15 is 0 Å². The van der Waals surface area contributed by atoms with Crippen LogP contribution in [0, 0.1) is 6.92 Å². The highest BCUT2D eigenvalue weighted by Crippen LogP contribution is 2.31. The summed E-state index contributed by atoms with van der Waals surface area (Å²) < 4.78 is 5.58. The minimum atomic E-state index is -0.893. The van der Waals surface area contributed by atoms with Gasteiger partial charge in [0.15, 0.2) is 5.76 Å². The number of H-pyrrole nitrogens is 1. The Morgan fingerprint density at radius 1 is 1.16 bits per heavy atom. The number of fused-ring (bicyclic) bond motifs is 1. The van der Waals surface area contributed by atoms with Crippen LogP contribution in [0.4, 0.5) is 0 Å². The second-order valence-electron chi connectivity index (χ2n) is 10.1. The van der Waals surface area contributed by atoms with Gasteiger partial charge in [-0.15, -0.1) is 21.5 Å². The molecule has 2 N–H and O–H groups in total. The normalized spacial score (nSPS) is 12.5. The first kappa shape index (κ1) is 25.4. The molecule has 1 aromatic carbocycles. The lowest BCUT2D eigenvalue weighted by Crippen LogP contribution is -2.49. The molecule has 10 nitrogen and oxygen atoms in total. The zero-order valence-electron chi connectivity index (χ0n) is 21.6. The third-order valence-corrected chi connectivity index (χ3v) is 6.75. The second-order valence-corrected chi connectivity index (χ2v) is 11.1. The summed E-state index contributed by atoms with van der Waals surface area (Å²) in [6.45, 7) is 7.63. The van der Waals surface area contributed by atoms with E-state index in [1.54, 1.807) is 17.2 Å². The predicted octanol–water partition coefficient (Wildman–Crippen LogP) is 4.47. The molecule has 4 aromatic heterocycles. The molecule has 2 amide bonds. The van der Waals surface area contributed by atoms with E-state index in [1.807, 2.05) is 75.5 Å². The minimum Gasteiger partial charge on any atom is -0.458 e. The fraction of sp³-hybridized carbons (Fsp3) is 0.296. The Morgan fingerprint density at radius 2 is 1.97 bits per heavy atom. The van der Waals surface area contributed by atoms with Crippen molar-refractivity contribution in [2.75, 3.05) is 0 Å². The molecular formula is C27H29N7O3S.